The summed E-state index contributed by atoms with van der Waals surface area (Å²) in [6.07, 6.45) is 3.34. The number of hydrogen-bond donors (Lipinski definition) is 0. The highest BCUT2D eigenvalue weighted by molar-refractivity contribution is 14.1. The number of ether oxygens (including phenoxy) is 2. The number of carbonyl (C=O) groups excluding carboxylic acids is 1. The molecule has 1 aromatic carbocycles. The van der Waals surface area contributed by atoms with E-state index in [-0.39, 0.29) is 12.1 Å². The Morgan fingerprint density at radius 2 is 2.12 bits per heavy atom. The van der Waals surface area contributed by atoms with Crippen molar-refractivity contribution in [2.24, 2.45) is 0 Å². The van der Waals surface area contributed by atoms with E-state index in [1.54, 1.807) is 12.1 Å². The third-order valence-corrected chi connectivity index (χ3v) is 3.47. The summed E-state index contributed by atoms with van der Waals surface area (Å²) >= 11 is 2.20. The molecule has 0 saturated carbocycles. The summed E-state index contributed by atoms with van der Waals surface area (Å²) in [5, 5.41) is 0. The lowest BCUT2D eigenvalue weighted by Crippen LogP contribution is -2.25. The van der Waals surface area contributed by atoms with E-state index >= 15 is 0 Å². The molecule has 4 heteroatoms. The Morgan fingerprint density at radius 3 is 2.76 bits per heavy atom. The third-order valence-electron chi connectivity index (χ3n) is 2.75. The molecule has 0 aromatic heterocycles. The molecule has 1 aliphatic heterocycles. The van der Waals surface area contributed by atoms with Crippen LogP contribution in [0.5, 0.6) is 0 Å². The smallest absolute Gasteiger partial charge is 0.338 e. The molecule has 0 N–H and O–H groups in total. The maximum atomic E-state index is 11.7. The van der Waals surface area contributed by atoms with Gasteiger partial charge in [0.25, 0.3) is 0 Å². The zero-order chi connectivity index (χ0) is 12.1. The van der Waals surface area contributed by atoms with Crippen LogP contribution in [0, 0.1) is 3.57 Å². The Labute approximate surface area is 115 Å². The van der Waals surface area contributed by atoms with Crippen molar-refractivity contribution >= 4 is 28.6 Å². The zero-order valence-corrected chi connectivity index (χ0v) is 11.7. The molecule has 2 rings (SSSR count). The molecule has 0 radical (unpaired) electrons. The second-order valence-corrected chi connectivity index (χ2v) is 5.34. The number of carbonyl (C=O) groups is 1. The molecule has 17 heavy (non-hydrogen) atoms. The topological polar surface area (TPSA) is 35.5 Å². The predicted octanol–water partition coefficient (Wildman–Crippen LogP) is 3.02. The molecule has 1 heterocycles. The Balaban J connectivity index is 1.82. The second kappa shape index (κ2) is 6.35. The van der Waals surface area contributed by atoms with Crippen molar-refractivity contribution in [1.29, 1.82) is 0 Å². The van der Waals surface area contributed by atoms with Crippen LogP contribution >= 0.6 is 22.6 Å². The highest BCUT2D eigenvalue weighted by Gasteiger charge is 2.16. The first-order valence-corrected chi connectivity index (χ1v) is 6.88. The molecule has 1 saturated heterocycles. The molecule has 0 spiro atoms. The molecule has 1 fully saturated rings. The van der Waals surface area contributed by atoms with Crippen LogP contribution in [0.25, 0.3) is 0 Å². The van der Waals surface area contributed by atoms with Gasteiger partial charge in [0.15, 0.2) is 0 Å². The summed E-state index contributed by atoms with van der Waals surface area (Å²) < 4.78 is 11.9. The summed E-state index contributed by atoms with van der Waals surface area (Å²) in [7, 11) is 0. The molecule has 1 aromatic rings. The van der Waals surface area contributed by atoms with Crippen molar-refractivity contribution in [2.45, 2.75) is 25.4 Å². The minimum atomic E-state index is -0.268. The lowest BCUT2D eigenvalue weighted by molar-refractivity contribution is -0.0300. The second-order valence-electron chi connectivity index (χ2n) is 4.09. The van der Waals surface area contributed by atoms with E-state index < -0.39 is 0 Å². The Kier molecular flexibility index (Phi) is 4.79. The largest absolute Gasteiger partial charge is 0.459 e. The fourth-order valence-corrected chi connectivity index (χ4v) is 2.14. The minimum Gasteiger partial charge on any atom is -0.459 e. The quantitative estimate of drug-likeness (QED) is 0.624. The van der Waals surface area contributed by atoms with Gasteiger partial charge in [0, 0.05) is 10.2 Å². The first-order valence-electron chi connectivity index (χ1n) is 5.80. The Bertz CT molecular complexity index is 369. The minimum absolute atomic E-state index is 0.0801. The molecule has 3 nitrogen and oxygen atoms in total. The van der Waals surface area contributed by atoms with Crippen LogP contribution < -0.4 is 0 Å². The Morgan fingerprint density at radius 1 is 1.35 bits per heavy atom. The van der Waals surface area contributed by atoms with Gasteiger partial charge < -0.3 is 9.47 Å². The van der Waals surface area contributed by atoms with Gasteiger partial charge in [-0.1, -0.05) is 0 Å². The third kappa shape index (κ3) is 3.96. The van der Waals surface area contributed by atoms with E-state index in [9.17, 15) is 4.79 Å². The number of halogens is 1. The van der Waals surface area contributed by atoms with Crippen molar-refractivity contribution in [3.8, 4) is 0 Å². The van der Waals surface area contributed by atoms with Crippen LogP contribution in [0.2, 0.25) is 0 Å². The lowest BCUT2D eigenvalue weighted by atomic mass is 10.1. The highest BCUT2D eigenvalue weighted by atomic mass is 127. The maximum Gasteiger partial charge on any atom is 0.338 e. The highest BCUT2D eigenvalue weighted by Crippen LogP contribution is 2.14. The van der Waals surface area contributed by atoms with Crippen molar-refractivity contribution in [3.05, 3.63) is 33.4 Å². The van der Waals surface area contributed by atoms with Gasteiger partial charge in [-0.05, 0) is 66.1 Å². The fourth-order valence-electron chi connectivity index (χ4n) is 1.78. The maximum absolute atomic E-state index is 11.7. The summed E-state index contributed by atoms with van der Waals surface area (Å²) in [5.41, 5.74) is 0.598. The molecule has 1 atom stereocenters. The van der Waals surface area contributed by atoms with Gasteiger partial charge in [-0.15, -0.1) is 0 Å². The van der Waals surface area contributed by atoms with Gasteiger partial charge in [-0.3, -0.25) is 0 Å². The lowest BCUT2D eigenvalue weighted by Gasteiger charge is -2.22. The summed E-state index contributed by atoms with van der Waals surface area (Å²) in [4.78, 5) is 11.7. The average Bonchev–Trinajstić information content (AvgIpc) is 2.38. The SMILES string of the molecule is O=C(OCC1CCCCO1)c1ccc(I)cc1. The number of esters is 1. The number of hydrogen-bond acceptors (Lipinski definition) is 3. The zero-order valence-electron chi connectivity index (χ0n) is 9.52. The van der Waals surface area contributed by atoms with Gasteiger partial charge in [0.1, 0.15) is 6.61 Å². The van der Waals surface area contributed by atoms with E-state index in [0.717, 1.165) is 29.4 Å². The van der Waals surface area contributed by atoms with Crippen LogP contribution in [0.4, 0.5) is 0 Å². The van der Waals surface area contributed by atoms with Gasteiger partial charge in [0.2, 0.25) is 0 Å². The number of rotatable bonds is 3. The van der Waals surface area contributed by atoms with Crippen LogP contribution in [-0.4, -0.2) is 25.3 Å². The average molecular weight is 346 g/mol. The summed E-state index contributed by atoms with van der Waals surface area (Å²) in [6, 6.07) is 7.36. The molecule has 92 valence electrons. The van der Waals surface area contributed by atoms with E-state index in [1.807, 2.05) is 12.1 Å². The van der Waals surface area contributed by atoms with E-state index in [2.05, 4.69) is 22.6 Å². The summed E-state index contributed by atoms with van der Waals surface area (Å²) in [5.74, 6) is -0.268. The van der Waals surface area contributed by atoms with Crippen molar-refractivity contribution in [2.75, 3.05) is 13.2 Å². The van der Waals surface area contributed by atoms with Crippen LogP contribution in [0.1, 0.15) is 29.6 Å². The molecule has 1 unspecified atom stereocenters. The Hall–Kier alpha value is -0.620. The van der Waals surface area contributed by atoms with Gasteiger partial charge in [-0.25, -0.2) is 4.79 Å². The monoisotopic (exact) mass is 346 g/mol. The molecular weight excluding hydrogens is 331 g/mol. The molecule has 1 aliphatic rings. The normalized spacial score (nSPS) is 19.9. The fraction of sp³-hybridized carbons (Fsp3) is 0.462. The summed E-state index contributed by atoms with van der Waals surface area (Å²) in [6.45, 7) is 1.15. The first kappa shape index (κ1) is 12.8. The van der Waals surface area contributed by atoms with Gasteiger partial charge in [0.05, 0.1) is 11.7 Å². The van der Waals surface area contributed by atoms with Crippen molar-refractivity contribution in [3.63, 3.8) is 0 Å². The van der Waals surface area contributed by atoms with Gasteiger partial charge in [-0.2, -0.15) is 0 Å². The molecule has 0 amide bonds. The van der Waals surface area contributed by atoms with Crippen LogP contribution in [-0.2, 0) is 9.47 Å². The molecule has 0 aliphatic carbocycles. The van der Waals surface area contributed by atoms with Gasteiger partial charge >= 0.3 is 5.97 Å². The van der Waals surface area contributed by atoms with Crippen LogP contribution in [0.3, 0.4) is 0 Å². The van der Waals surface area contributed by atoms with E-state index in [4.69, 9.17) is 9.47 Å². The van der Waals surface area contributed by atoms with Crippen molar-refractivity contribution in [1.82, 2.24) is 0 Å². The van der Waals surface area contributed by atoms with E-state index in [0.29, 0.717) is 12.2 Å². The molecule has 0 bridgehead atoms. The standard InChI is InChI=1S/C13H15IO3/c14-11-6-4-10(5-7-11)13(15)17-9-12-3-1-2-8-16-12/h4-7,12H,1-3,8-9H2. The predicted molar refractivity (Wildman–Crippen MR) is 73.0 cm³/mol. The number of benzene rings is 1. The first-order chi connectivity index (χ1) is 8.25. The molecular formula is C13H15IO3. The van der Waals surface area contributed by atoms with Crippen molar-refractivity contribution < 1.29 is 14.3 Å². The van der Waals surface area contributed by atoms with E-state index in [1.165, 1.54) is 0 Å². The van der Waals surface area contributed by atoms with Crippen LogP contribution in [0.15, 0.2) is 24.3 Å².